The van der Waals surface area contributed by atoms with E-state index in [1.165, 1.54) is 29.7 Å². The molecule has 1 aromatic carbocycles. The van der Waals surface area contributed by atoms with Crippen molar-refractivity contribution in [3.05, 3.63) is 58.3 Å². The van der Waals surface area contributed by atoms with Crippen molar-refractivity contribution in [3.8, 4) is 0 Å². The minimum atomic E-state index is 0.288. The third kappa shape index (κ3) is 5.77. The smallest absolute Gasteiger partial charge is 0.0450 e. The van der Waals surface area contributed by atoms with Crippen molar-refractivity contribution in [1.29, 1.82) is 0 Å². The molecule has 1 aliphatic heterocycles. The van der Waals surface area contributed by atoms with Crippen LogP contribution in [0.3, 0.4) is 0 Å². The van der Waals surface area contributed by atoms with Crippen molar-refractivity contribution in [2.24, 2.45) is 5.73 Å². The van der Waals surface area contributed by atoms with Crippen molar-refractivity contribution in [1.82, 2.24) is 9.88 Å². The fraction of sp³-hybridized carbons (Fsp3) is 0.500. The summed E-state index contributed by atoms with van der Waals surface area (Å²) in [6.45, 7) is 8.59. The molecule has 0 saturated carbocycles. The number of halogens is 1. The number of nitrogens with two attached hydrogens (primary N) is 1. The Hall–Kier alpha value is -1.43. The highest BCUT2D eigenvalue weighted by atomic mass is 79.9. The minimum Gasteiger partial charge on any atom is -0.364 e. The Kier molecular flexibility index (Phi) is 7.27. The summed E-state index contributed by atoms with van der Waals surface area (Å²) in [7, 11) is 0. The van der Waals surface area contributed by atoms with E-state index in [-0.39, 0.29) is 6.04 Å². The Balaban J connectivity index is 1.73. The summed E-state index contributed by atoms with van der Waals surface area (Å²) in [5.74, 6) is 0. The number of pyridine rings is 1. The monoisotopic (exact) mass is 430 g/mol. The van der Waals surface area contributed by atoms with Crippen LogP contribution >= 0.6 is 15.9 Å². The summed E-state index contributed by atoms with van der Waals surface area (Å²) in [5, 5.41) is 0. The Morgan fingerprint density at radius 2 is 1.93 bits per heavy atom. The maximum Gasteiger partial charge on any atom is 0.0450 e. The Morgan fingerprint density at radius 3 is 2.56 bits per heavy atom. The highest BCUT2D eigenvalue weighted by Crippen LogP contribution is 2.28. The quantitative estimate of drug-likeness (QED) is 0.708. The number of aryl methyl sites for hydroxylation is 1. The van der Waals surface area contributed by atoms with Gasteiger partial charge in [0.15, 0.2) is 0 Å². The van der Waals surface area contributed by atoms with E-state index >= 15 is 0 Å². The summed E-state index contributed by atoms with van der Waals surface area (Å²) in [5.41, 5.74) is 9.83. The molecule has 1 atom stereocenters. The molecule has 1 fully saturated rings. The van der Waals surface area contributed by atoms with Gasteiger partial charge >= 0.3 is 0 Å². The lowest BCUT2D eigenvalue weighted by molar-refractivity contribution is 0.203. The lowest BCUT2D eigenvalue weighted by Gasteiger charge is -2.40. The number of piperidine rings is 1. The van der Waals surface area contributed by atoms with Crippen LogP contribution in [0.25, 0.3) is 0 Å². The van der Waals surface area contributed by atoms with Gasteiger partial charge in [0.25, 0.3) is 0 Å². The Morgan fingerprint density at radius 1 is 1.22 bits per heavy atom. The van der Waals surface area contributed by atoms with Crippen LogP contribution in [-0.4, -0.2) is 41.6 Å². The first-order chi connectivity index (χ1) is 13.0. The summed E-state index contributed by atoms with van der Waals surface area (Å²) < 4.78 is 1.12. The van der Waals surface area contributed by atoms with E-state index in [1.807, 2.05) is 12.4 Å². The molecule has 3 rings (SSSR count). The molecule has 27 heavy (non-hydrogen) atoms. The van der Waals surface area contributed by atoms with E-state index in [1.54, 1.807) is 0 Å². The molecular formula is C22H31BrN4. The van der Waals surface area contributed by atoms with Gasteiger partial charge in [-0.1, -0.05) is 15.9 Å². The van der Waals surface area contributed by atoms with Crippen LogP contribution in [-0.2, 0) is 6.54 Å². The molecule has 2 heterocycles. The van der Waals surface area contributed by atoms with Crippen LogP contribution in [0.15, 0.2) is 47.2 Å². The average molecular weight is 431 g/mol. The lowest BCUT2D eigenvalue weighted by atomic mass is 10.00. The lowest BCUT2D eigenvalue weighted by Crippen LogP contribution is -2.45. The molecule has 1 unspecified atom stereocenters. The molecule has 0 amide bonds. The predicted molar refractivity (Wildman–Crippen MR) is 117 cm³/mol. The number of hydrogen-bond donors (Lipinski definition) is 1. The maximum atomic E-state index is 5.93. The van der Waals surface area contributed by atoms with Crippen LogP contribution in [0, 0.1) is 6.92 Å². The van der Waals surface area contributed by atoms with Crippen LogP contribution in [0.5, 0.6) is 0 Å². The minimum absolute atomic E-state index is 0.288. The summed E-state index contributed by atoms with van der Waals surface area (Å²) in [4.78, 5) is 9.48. The van der Waals surface area contributed by atoms with Gasteiger partial charge in [0.1, 0.15) is 0 Å². The fourth-order valence-electron chi connectivity index (χ4n) is 3.75. The first-order valence-corrected chi connectivity index (χ1v) is 10.7. The second-order valence-electron chi connectivity index (χ2n) is 7.75. The third-order valence-electron chi connectivity index (χ3n) is 5.54. The maximum absolute atomic E-state index is 5.93. The fourth-order valence-corrected chi connectivity index (χ4v) is 4.01. The van der Waals surface area contributed by atoms with Gasteiger partial charge in [0.05, 0.1) is 0 Å². The highest BCUT2D eigenvalue weighted by Gasteiger charge is 2.25. The van der Waals surface area contributed by atoms with E-state index in [9.17, 15) is 0 Å². The molecule has 146 valence electrons. The number of hydrogen-bond acceptors (Lipinski definition) is 4. The van der Waals surface area contributed by atoms with Gasteiger partial charge in [-0.15, -0.1) is 0 Å². The van der Waals surface area contributed by atoms with Crippen LogP contribution < -0.4 is 10.6 Å². The second-order valence-corrected chi connectivity index (χ2v) is 8.66. The highest BCUT2D eigenvalue weighted by molar-refractivity contribution is 9.10. The Labute approximate surface area is 171 Å². The van der Waals surface area contributed by atoms with Gasteiger partial charge in [-0.05, 0) is 81.1 Å². The number of benzene rings is 1. The Bertz CT molecular complexity index is 709. The standard InChI is InChI=1S/C22H31BrN4/c1-17-7-11-25-15-19(17)16-27(21-5-3-20(23)4-6-21)22-9-13-26(14-10-22)12-8-18(2)24/h3-7,11,15,18,22H,8-10,12-14,16,24H2,1-2H3. The number of aromatic nitrogens is 1. The molecule has 2 aromatic rings. The number of likely N-dealkylation sites (tertiary alicyclic amines) is 1. The zero-order valence-corrected chi connectivity index (χ0v) is 18.0. The summed E-state index contributed by atoms with van der Waals surface area (Å²) in [6.07, 6.45) is 7.34. The average Bonchev–Trinajstić information content (AvgIpc) is 2.67. The van der Waals surface area contributed by atoms with Gasteiger partial charge in [-0.2, -0.15) is 0 Å². The van der Waals surface area contributed by atoms with Crippen LogP contribution in [0.4, 0.5) is 5.69 Å². The van der Waals surface area contributed by atoms with Gasteiger partial charge in [-0.25, -0.2) is 0 Å². The molecule has 0 spiro atoms. The van der Waals surface area contributed by atoms with E-state index in [4.69, 9.17) is 5.73 Å². The summed E-state index contributed by atoms with van der Waals surface area (Å²) >= 11 is 3.56. The second kappa shape index (κ2) is 9.67. The zero-order valence-electron chi connectivity index (χ0n) is 16.4. The predicted octanol–water partition coefficient (Wildman–Crippen LogP) is 4.36. The first-order valence-electron chi connectivity index (χ1n) is 9.92. The van der Waals surface area contributed by atoms with E-state index in [2.05, 4.69) is 74.9 Å². The molecule has 5 heteroatoms. The molecule has 1 aliphatic rings. The SMILES string of the molecule is Cc1ccncc1CN(c1ccc(Br)cc1)C1CCN(CCC(C)N)CC1. The van der Waals surface area contributed by atoms with Crippen molar-refractivity contribution in [3.63, 3.8) is 0 Å². The molecule has 1 saturated heterocycles. The molecular weight excluding hydrogens is 400 g/mol. The van der Waals surface area contributed by atoms with E-state index < -0.39 is 0 Å². The van der Waals surface area contributed by atoms with Gasteiger partial charge in [0, 0.05) is 54.3 Å². The number of anilines is 1. The van der Waals surface area contributed by atoms with Gasteiger partial charge < -0.3 is 15.5 Å². The van der Waals surface area contributed by atoms with Crippen molar-refractivity contribution in [2.45, 2.75) is 51.7 Å². The van der Waals surface area contributed by atoms with Gasteiger partial charge in [0.2, 0.25) is 0 Å². The van der Waals surface area contributed by atoms with Crippen molar-refractivity contribution in [2.75, 3.05) is 24.5 Å². The topological polar surface area (TPSA) is 45.4 Å². The molecule has 0 aliphatic carbocycles. The zero-order chi connectivity index (χ0) is 19.2. The first kappa shape index (κ1) is 20.3. The third-order valence-corrected chi connectivity index (χ3v) is 6.07. The molecule has 0 bridgehead atoms. The number of rotatable bonds is 7. The van der Waals surface area contributed by atoms with Gasteiger partial charge in [-0.3, -0.25) is 4.98 Å². The van der Waals surface area contributed by atoms with Crippen molar-refractivity contribution >= 4 is 21.6 Å². The summed E-state index contributed by atoms with van der Waals surface area (Å²) in [6, 6.07) is 11.7. The van der Waals surface area contributed by atoms with E-state index in [0.29, 0.717) is 6.04 Å². The van der Waals surface area contributed by atoms with Crippen LogP contribution in [0.1, 0.15) is 37.3 Å². The normalized spacial score (nSPS) is 17.0. The van der Waals surface area contributed by atoms with Crippen LogP contribution in [0.2, 0.25) is 0 Å². The largest absolute Gasteiger partial charge is 0.364 e. The molecule has 2 N–H and O–H groups in total. The van der Waals surface area contributed by atoms with Crippen molar-refractivity contribution < 1.29 is 0 Å². The number of nitrogens with zero attached hydrogens (tertiary/aromatic N) is 3. The molecule has 4 nitrogen and oxygen atoms in total. The van der Waals surface area contributed by atoms with E-state index in [0.717, 1.165) is 37.1 Å². The molecule has 0 radical (unpaired) electrons. The molecule has 1 aromatic heterocycles.